The molecule has 2 N–H and O–H groups in total. The van der Waals surface area contributed by atoms with Gasteiger partial charge in [-0.2, -0.15) is 0 Å². The summed E-state index contributed by atoms with van der Waals surface area (Å²) in [6.07, 6.45) is 4.68. The van der Waals surface area contributed by atoms with Crippen LogP contribution in [0.4, 0.5) is 4.39 Å². The van der Waals surface area contributed by atoms with Crippen molar-refractivity contribution in [1.29, 1.82) is 0 Å². The second kappa shape index (κ2) is 8.98. The van der Waals surface area contributed by atoms with Gasteiger partial charge in [-0.05, 0) is 24.8 Å². The van der Waals surface area contributed by atoms with Crippen LogP contribution in [0.25, 0.3) is 0 Å². The van der Waals surface area contributed by atoms with Crippen molar-refractivity contribution >= 4 is 0 Å². The van der Waals surface area contributed by atoms with E-state index in [-0.39, 0.29) is 5.92 Å². The number of hydrogen-bond acceptors (Lipinski definition) is 1. The van der Waals surface area contributed by atoms with Crippen molar-refractivity contribution in [2.75, 3.05) is 6.54 Å². The monoisotopic (exact) mass is 231 g/mol. The molecule has 0 aliphatic rings. The number of alkyl halides is 1. The van der Waals surface area contributed by atoms with Crippen LogP contribution in [0, 0.1) is 17.8 Å². The van der Waals surface area contributed by atoms with Crippen molar-refractivity contribution in [3.63, 3.8) is 0 Å². The number of hydrogen-bond donors (Lipinski definition) is 1. The SMILES string of the molecule is CCCCC(CC)CC(F)C(CN)C(C)C. The Balaban J connectivity index is 4.10. The second-order valence-corrected chi connectivity index (χ2v) is 5.31. The average molecular weight is 231 g/mol. The molecule has 0 saturated carbocycles. The molecule has 0 rings (SSSR count). The van der Waals surface area contributed by atoms with Gasteiger partial charge in [0.1, 0.15) is 6.17 Å². The van der Waals surface area contributed by atoms with Crippen molar-refractivity contribution in [3.05, 3.63) is 0 Å². The van der Waals surface area contributed by atoms with E-state index in [1.54, 1.807) is 0 Å². The fourth-order valence-electron chi connectivity index (χ4n) is 2.31. The lowest BCUT2D eigenvalue weighted by Crippen LogP contribution is -2.30. The minimum Gasteiger partial charge on any atom is -0.330 e. The van der Waals surface area contributed by atoms with Crippen LogP contribution in [0.2, 0.25) is 0 Å². The quantitative estimate of drug-likeness (QED) is 0.633. The summed E-state index contributed by atoms with van der Waals surface area (Å²) < 4.78 is 14.1. The maximum Gasteiger partial charge on any atom is 0.105 e. The molecule has 0 amide bonds. The van der Waals surface area contributed by atoms with Crippen molar-refractivity contribution in [2.24, 2.45) is 23.5 Å². The molecule has 0 radical (unpaired) electrons. The summed E-state index contributed by atoms with van der Waals surface area (Å²) in [6.45, 7) is 8.97. The van der Waals surface area contributed by atoms with Gasteiger partial charge < -0.3 is 5.73 Å². The molecule has 2 heteroatoms. The Bertz CT molecular complexity index is 159. The first-order valence-corrected chi connectivity index (χ1v) is 6.90. The van der Waals surface area contributed by atoms with Crippen molar-refractivity contribution < 1.29 is 4.39 Å². The zero-order chi connectivity index (χ0) is 12.6. The number of halogens is 1. The molecule has 98 valence electrons. The van der Waals surface area contributed by atoms with Gasteiger partial charge in [0.2, 0.25) is 0 Å². The largest absolute Gasteiger partial charge is 0.330 e. The third-order valence-electron chi connectivity index (χ3n) is 3.69. The molecule has 1 nitrogen and oxygen atoms in total. The molecule has 0 bridgehead atoms. The van der Waals surface area contributed by atoms with Crippen LogP contribution >= 0.6 is 0 Å². The van der Waals surface area contributed by atoms with Gasteiger partial charge in [0.25, 0.3) is 0 Å². The van der Waals surface area contributed by atoms with Crippen molar-refractivity contribution in [3.8, 4) is 0 Å². The molecular formula is C14H30FN. The van der Waals surface area contributed by atoms with E-state index in [2.05, 4.69) is 27.7 Å². The predicted octanol–water partition coefficient (Wildman–Crippen LogP) is 4.16. The molecule has 0 saturated heterocycles. The highest BCUT2D eigenvalue weighted by molar-refractivity contribution is 4.76. The minimum absolute atomic E-state index is 0.0377. The number of unbranched alkanes of at least 4 members (excludes halogenated alkanes) is 1. The van der Waals surface area contributed by atoms with Crippen LogP contribution in [0.1, 0.15) is 59.8 Å². The van der Waals surface area contributed by atoms with Crippen LogP contribution in [0.3, 0.4) is 0 Å². The third-order valence-corrected chi connectivity index (χ3v) is 3.69. The summed E-state index contributed by atoms with van der Waals surface area (Å²) >= 11 is 0. The Morgan fingerprint density at radius 1 is 1.19 bits per heavy atom. The van der Waals surface area contributed by atoms with E-state index >= 15 is 0 Å². The van der Waals surface area contributed by atoms with Gasteiger partial charge in [-0.3, -0.25) is 0 Å². The highest BCUT2D eigenvalue weighted by Crippen LogP contribution is 2.26. The molecule has 0 aromatic heterocycles. The molecule has 0 fully saturated rings. The minimum atomic E-state index is -0.716. The van der Waals surface area contributed by atoms with E-state index in [4.69, 9.17) is 5.73 Å². The Kier molecular flexibility index (Phi) is 8.91. The van der Waals surface area contributed by atoms with Crippen LogP contribution in [0.15, 0.2) is 0 Å². The molecule has 0 aromatic carbocycles. The normalized spacial score (nSPS) is 17.4. The van der Waals surface area contributed by atoms with Gasteiger partial charge in [0, 0.05) is 5.92 Å². The Labute approximate surface area is 101 Å². The fourth-order valence-corrected chi connectivity index (χ4v) is 2.31. The van der Waals surface area contributed by atoms with E-state index in [0.29, 0.717) is 24.8 Å². The molecule has 16 heavy (non-hydrogen) atoms. The van der Waals surface area contributed by atoms with Crippen LogP contribution in [-0.4, -0.2) is 12.7 Å². The van der Waals surface area contributed by atoms with Gasteiger partial charge >= 0.3 is 0 Å². The highest BCUT2D eigenvalue weighted by Gasteiger charge is 2.25. The van der Waals surface area contributed by atoms with Gasteiger partial charge in [-0.25, -0.2) is 4.39 Å². The van der Waals surface area contributed by atoms with E-state index < -0.39 is 6.17 Å². The maximum atomic E-state index is 14.1. The molecule has 3 unspecified atom stereocenters. The predicted molar refractivity (Wildman–Crippen MR) is 70.2 cm³/mol. The van der Waals surface area contributed by atoms with E-state index in [1.165, 1.54) is 19.3 Å². The first-order valence-electron chi connectivity index (χ1n) is 6.90. The summed E-state index contributed by atoms with van der Waals surface area (Å²) in [5, 5.41) is 0. The first kappa shape index (κ1) is 15.9. The highest BCUT2D eigenvalue weighted by atomic mass is 19.1. The van der Waals surface area contributed by atoms with Gasteiger partial charge in [-0.15, -0.1) is 0 Å². The Morgan fingerprint density at radius 3 is 2.19 bits per heavy atom. The smallest absolute Gasteiger partial charge is 0.105 e. The van der Waals surface area contributed by atoms with E-state index in [0.717, 1.165) is 6.42 Å². The lowest BCUT2D eigenvalue weighted by atomic mass is 9.84. The van der Waals surface area contributed by atoms with Gasteiger partial charge in [0.15, 0.2) is 0 Å². The van der Waals surface area contributed by atoms with Crippen LogP contribution in [0.5, 0.6) is 0 Å². The van der Waals surface area contributed by atoms with Crippen molar-refractivity contribution in [2.45, 2.75) is 66.0 Å². The summed E-state index contributed by atoms with van der Waals surface area (Å²) in [5.74, 6) is 0.933. The Hall–Kier alpha value is -0.110. The second-order valence-electron chi connectivity index (χ2n) is 5.31. The van der Waals surface area contributed by atoms with Crippen LogP contribution < -0.4 is 5.73 Å². The molecule has 0 aliphatic heterocycles. The summed E-state index contributed by atoms with van der Waals surface area (Å²) in [5.41, 5.74) is 5.65. The summed E-state index contributed by atoms with van der Waals surface area (Å²) in [7, 11) is 0. The molecule has 0 aliphatic carbocycles. The van der Waals surface area contributed by atoms with Crippen LogP contribution in [-0.2, 0) is 0 Å². The summed E-state index contributed by atoms with van der Waals surface area (Å²) in [4.78, 5) is 0. The summed E-state index contributed by atoms with van der Waals surface area (Å²) in [6, 6.07) is 0. The lowest BCUT2D eigenvalue weighted by Gasteiger charge is -2.26. The molecular weight excluding hydrogens is 201 g/mol. The fraction of sp³-hybridized carbons (Fsp3) is 1.00. The zero-order valence-corrected chi connectivity index (χ0v) is 11.5. The molecule has 0 spiro atoms. The first-order chi connectivity index (χ1) is 7.56. The van der Waals surface area contributed by atoms with E-state index in [1.807, 2.05) is 0 Å². The third kappa shape index (κ3) is 5.83. The van der Waals surface area contributed by atoms with Gasteiger partial charge in [0.05, 0.1) is 0 Å². The standard InChI is InChI=1S/C14H30FN/c1-5-7-8-12(6-2)9-14(15)13(10-16)11(3)4/h11-14H,5-10,16H2,1-4H3. The maximum absolute atomic E-state index is 14.1. The number of nitrogens with two attached hydrogens (primary N) is 1. The zero-order valence-electron chi connectivity index (χ0n) is 11.5. The molecule has 3 atom stereocenters. The van der Waals surface area contributed by atoms with Gasteiger partial charge in [-0.1, -0.05) is 53.4 Å². The lowest BCUT2D eigenvalue weighted by molar-refractivity contribution is 0.148. The topological polar surface area (TPSA) is 26.0 Å². The molecule has 0 aromatic rings. The average Bonchev–Trinajstić information content (AvgIpc) is 2.24. The number of rotatable bonds is 9. The Morgan fingerprint density at radius 2 is 1.81 bits per heavy atom. The van der Waals surface area contributed by atoms with Crippen molar-refractivity contribution in [1.82, 2.24) is 0 Å². The van der Waals surface area contributed by atoms with E-state index in [9.17, 15) is 4.39 Å². The molecule has 0 heterocycles.